The lowest BCUT2D eigenvalue weighted by atomic mass is 10.1. The molecule has 0 spiro atoms. The number of sulfonamides is 1. The Labute approximate surface area is 113 Å². The molecule has 104 valence electrons. The van der Waals surface area contributed by atoms with Crippen LogP contribution < -0.4 is 5.32 Å². The van der Waals surface area contributed by atoms with Crippen LogP contribution in [0.15, 0.2) is 24.3 Å². The molecule has 5 nitrogen and oxygen atoms in total. The molecule has 0 atom stereocenters. The number of benzene rings is 1. The van der Waals surface area contributed by atoms with E-state index in [9.17, 15) is 13.2 Å². The molecule has 1 aromatic carbocycles. The molecule has 0 unspecified atom stereocenters. The predicted octanol–water partition coefficient (Wildman–Crippen LogP) is 0.647. The fraction of sp³-hybridized carbons (Fsp3) is 0.462. The number of amides is 1. The summed E-state index contributed by atoms with van der Waals surface area (Å²) in [7, 11) is -3.44. The van der Waals surface area contributed by atoms with Gasteiger partial charge in [-0.05, 0) is 24.5 Å². The first kappa shape index (κ1) is 14.0. The largest absolute Gasteiger partial charge is 0.355 e. The second kappa shape index (κ2) is 5.71. The molecule has 1 aliphatic rings. The van der Waals surface area contributed by atoms with Gasteiger partial charge >= 0.3 is 0 Å². The molecular weight excluding hydrogens is 264 g/mol. The molecule has 1 saturated heterocycles. The summed E-state index contributed by atoms with van der Waals surface area (Å²) in [5, 5.41) is 2.68. The molecule has 0 saturated carbocycles. The zero-order chi connectivity index (χ0) is 13.9. The number of carbonyl (C=O) groups is 1. The minimum atomic E-state index is -3.44. The van der Waals surface area contributed by atoms with E-state index in [1.54, 1.807) is 0 Å². The second-order valence-electron chi connectivity index (χ2n) is 4.72. The van der Waals surface area contributed by atoms with Crippen LogP contribution >= 0.6 is 0 Å². The van der Waals surface area contributed by atoms with Crippen LogP contribution in [-0.2, 0) is 20.6 Å². The maximum Gasteiger partial charge on any atom is 0.235 e. The van der Waals surface area contributed by atoms with E-state index < -0.39 is 10.0 Å². The topological polar surface area (TPSA) is 66.5 Å². The summed E-state index contributed by atoms with van der Waals surface area (Å²) < 4.78 is 26.0. The molecule has 1 N–H and O–H groups in total. The highest BCUT2D eigenvalue weighted by atomic mass is 32.2. The fourth-order valence-electron chi connectivity index (χ4n) is 2.08. The first-order chi connectivity index (χ1) is 8.99. The van der Waals surface area contributed by atoms with E-state index in [1.165, 1.54) is 4.31 Å². The first-order valence-electron chi connectivity index (χ1n) is 6.28. The molecule has 1 fully saturated rings. The third-order valence-electron chi connectivity index (χ3n) is 3.22. The van der Waals surface area contributed by atoms with Gasteiger partial charge in [-0.2, -0.15) is 4.31 Å². The van der Waals surface area contributed by atoms with Crippen molar-refractivity contribution >= 4 is 15.9 Å². The van der Waals surface area contributed by atoms with Crippen LogP contribution in [0.5, 0.6) is 0 Å². The summed E-state index contributed by atoms with van der Waals surface area (Å²) in [5.74, 6) is -0.279. The molecule has 1 heterocycles. The monoisotopic (exact) mass is 282 g/mol. The van der Waals surface area contributed by atoms with Gasteiger partial charge in [0.1, 0.15) is 0 Å². The van der Waals surface area contributed by atoms with E-state index in [2.05, 4.69) is 5.32 Å². The number of rotatable bonds is 3. The van der Waals surface area contributed by atoms with Crippen LogP contribution in [-0.4, -0.2) is 38.3 Å². The van der Waals surface area contributed by atoms with Crippen LogP contribution in [0.4, 0.5) is 0 Å². The van der Waals surface area contributed by atoms with Crippen molar-refractivity contribution in [3.05, 3.63) is 35.4 Å². The highest BCUT2D eigenvalue weighted by Crippen LogP contribution is 2.15. The van der Waals surface area contributed by atoms with Gasteiger partial charge in [0.05, 0.1) is 12.3 Å². The Kier molecular flexibility index (Phi) is 4.21. The summed E-state index contributed by atoms with van der Waals surface area (Å²) >= 11 is 0. The highest BCUT2D eigenvalue weighted by molar-refractivity contribution is 7.88. The number of hydrogen-bond acceptors (Lipinski definition) is 3. The lowest BCUT2D eigenvalue weighted by Crippen LogP contribution is -2.38. The van der Waals surface area contributed by atoms with Gasteiger partial charge in [0.15, 0.2) is 0 Å². The maximum absolute atomic E-state index is 12.4. The van der Waals surface area contributed by atoms with Gasteiger partial charge < -0.3 is 5.32 Å². The van der Waals surface area contributed by atoms with Gasteiger partial charge in [-0.1, -0.05) is 24.3 Å². The number of nitrogens with zero attached hydrogens (tertiary/aromatic N) is 1. The Hall–Kier alpha value is -1.40. The molecule has 1 aliphatic heterocycles. The van der Waals surface area contributed by atoms with Crippen molar-refractivity contribution in [1.29, 1.82) is 0 Å². The van der Waals surface area contributed by atoms with Crippen molar-refractivity contribution in [3.8, 4) is 0 Å². The number of aryl methyl sites for hydroxylation is 1. The van der Waals surface area contributed by atoms with E-state index in [0.717, 1.165) is 11.1 Å². The highest BCUT2D eigenvalue weighted by Gasteiger charge is 2.26. The van der Waals surface area contributed by atoms with E-state index in [-0.39, 0.29) is 18.2 Å². The summed E-state index contributed by atoms with van der Waals surface area (Å²) in [6, 6.07) is 7.41. The van der Waals surface area contributed by atoms with Gasteiger partial charge in [0, 0.05) is 13.1 Å². The zero-order valence-electron chi connectivity index (χ0n) is 10.9. The van der Waals surface area contributed by atoms with Crippen molar-refractivity contribution in [2.45, 2.75) is 19.1 Å². The van der Waals surface area contributed by atoms with Crippen molar-refractivity contribution in [2.24, 2.45) is 0 Å². The van der Waals surface area contributed by atoms with Crippen LogP contribution in [0.1, 0.15) is 17.5 Å². The van der Waals surface area contributed by atoms with Gasteiger partial charge in [0.25, 0.3) is 0 Å². The Bertz CT molecular complexity index is 569. The number of carbonyl (C=O) groups excluding carboxylic acids is 1. The Morgan fingerprint density at radius 3 is 2.79 bits per heavy atom. The summed E-state index contributed by atoms with van der Waals surface area (Å²) in [4.78, 5) is 11.4. The van der Waals surface area contributed by atoms with Crippen LogP contribution in [0.3, 0.4) is 0 Å². The average molecular weight is 282 g/mol. The van der Waals surface area contributed by atoms with Crippen LogP contribution in [0, 0.1) is 6.92 Å². The van der Waals surface area contributed by atoms with E-state index in [0.29, 0.717) is 19.5 Å². The number of hydrogen-bond donors (Lipinski definition) is 1. The smallest absolute Gasteiger partial charge is 0.235 e. The minimum absolute atomic E-state index is 0.0487. The third kappa shape index (κ3) is 3.54. The van der Waals surface area contributed by atoms with Crippen molar-refractivity contribution in [3.63, 3.8) is 0 Å². The fourth-order valence-corrected chi connectivity index (χ4v) is 3.70. The molecule has 1 aromatic rings. The SMILES string of the molecule is Cc1ccccc1CS(=O)(=O)N1CCCNC(=O)C1. The molecule has 0 aliphatic carbocycles. The van der Waals surface area contributed by atoms with Gasteiger partial charge in [-0.3, -0.25) is 4.79 Å². The van der Waals surface area contributed by atoms with Crippen LogP contribution in [0.2, 0.25) is 0 Å². The Morgan fingerprint density at radius 1 is 1.32 bits per heavy atom. The van der Waals surface area contributed by atoms with E-state index >= 15 is 0 Å². The third-order valence-corrected chi connectivity index (χ3v) is 4.99. The van der Waals surface area contributed by atoms with Crippen molar-refractivity contribution < 1.29 is 13.2 Å². The quantitative estimate of drug-likeness (QED) is 0.885. The van der Waals surface area contributed by atoms with Crippen molar-refractivity contribution in [1.82, 2.24) is 9.62 Å². The molecule has 6 heteroatoms. The lowest BCUT2D eigenvalue weighted by molar-refractivity contribution is -0.120. The van der Waals surface area contributed by atoms with Gasteiger partial charge in [0.2, 0.25) is 15.9 Å². The van der Waals surface area contributed by atoms with Crippen molar-refractivity contribution in [2.75, 3.05) is 19.6 Å². The Morgan fingerprint density at radius 2 is 2.05 bits per heavy atom. The second-order valence-corrected chi connectivity index (χ2v) is 6.69. The first-order valence-corrected chi connectivity index (χ1v) is 7.89. The molecule has 0 aromatic heterocycles. The summed E-state index contributed by atoms with van der Waals surface area (Å²) in [6.45, 7) is 2.75. The molecule has 0 bridgehead atoms. The van der Waals surface area contributed by atoms with E-state index in [4.69, 9.17) is 0 Å². The normalized spacial score (nSPS) is 17.8. The average Bonchev–Trinajstić information content (AvgIpc) is 2.57. The van der Waals surface area contributed by atoms with Gasteiger partial charge in [-0.25, -0.2) is 8.42 Å². The molecule has 2 rings (SSSR count). The van der Waals surface area contributed by atoms with Gasteiger partial charge in [-0.15, -0.1) is 0 Å². The molecular formula is C13H18N2O3S. The van der Waals surface area contributed by atoms with E-state index in [1.807, 2.05) is 31.2 Å². The maximum atomic E-state index is 12.4. The minimum Gasteiger partial charge on any atom is -0.355 e. The Balaban J connectivity index is 2.18. The number of nitrogens with one attached hydrogen (secondary N) is 1. The summed E-state index contributed by atoms with van der Waals surface area (Å²) in [6.07, 6.45) is 0.652. The summed E-state index contributed by atoms with van der Waals surface area (Å²) in [5.41, 5.74) is 1.73. The molecule has 19 heavy (non-hydrogen) atoms. The molecule has 0 radical (unpaired) electrons. The standard InChI is InChI=1S/C13H18N2O3S/c1-11-5-2-3-6-12(11)10-19(17,18)15-8-4-7-14-13(16)9-15/h2-3,5-6H,4,7-10H2,1H3,(H,14,16). The van der Waals surface area contributed by atoms with Crippen LogP contribution in [0.25, 0.3) is 0 Å². The zero-order valence-corrected chi connectivity index (χ0v) is 11.7. The predicted molar refractivity (Wildman–Crippen MR) is 73.0 cm³/mol. The molecule has 1 amide bonds. The lowest BCUT2D eigenvalue weighted by Gasteiger charge is -2.19.